The predicted octanol–water partition coefficient (Wildman–Crippen LogP) is 4.71. The van der Waals surface area contributed by atoms with Gasteiger partial charge in [-0.05, 0) is 56.9 Å². The number of hydrogen-bond donors (Lipinski definition) is 1. The van der Waals surface area contributed by atoms with Gasteiger partial charge in [-0.1, -0.05) is 18.2 Å². The van der Waals surface area contributed by atoms with E-state index >= 15 is 0 Å². The van der Waals surface area contributed by atoms with Crippen molar-refractivity contribution >= 4 is 43.2 Å². The Bertz CT molecular complexity index is 676. The second-order valence-corrected chi connectivity index (χ2v) is 6.12. The standard InChI is InChI=1S/C15H13BrN2S/c16-12-5-6-15(18-9-12)17-8-7-11-10-19-14-4-2-1-3-13(11)14/h1-6,9-10H,7-8H2,(H,17,18). The number of pyridine rings is 1. The van der Waals surface area contributed by atoms with Crippen molar-refractivity contribution in [3.63, 3.8) is 0 Å². The highest BCUT2D eigenvalue weighted by Gasteiger charge is 2.02. The van der Waals surface area contributed by atoms with Crippen LogP contribution in [0.3, 0.4) is 0 Å². The number of anilines is 1. The molecule has 3 aromatic rings. The van der Waals surface area contributed by atoms with Crippen LogP contribution < -0.4 is 5.32 Å². The van der Waals surface area contributed by atoms with E-state index in [0.717, 1.165) is 23.3 Å². The van der Waals surface area contributed by atoms with E-state index in [9.17, 15) is 0 Å². The third-order valence-corrected chi connectivity index (χ3v) is 4.47. The van der Waals surface area contributed by atoms with Crippen LogP contribution in [0.15, 0.2) is 52.4 Å². The molecule has 0 spiro atoms. The van der Waals surface area contributed by atoms with Crippen molar-refractivity contribution in [2.75, 3.05) is 11.9 Å². The first-order valence-electron chi connectivity index (χ1n) is 6.13. The van der Waals surface area contributed by atoms with Gasteiger partial charge in [0.1, 0.15) is 5.82 Å². The van der Waals surface area contributed by atoms with Gasteiger partial charge < -0.3 is 5.32 Å². The molecule has 3 rings (SSSR count). The molecular formula is C15H13BrN2S. The van der Waals surface area contributed by atoms with Crippen molar-refractivity contribution in [3.8, 4) is 0 Å². The zero-order chi connectivity index (χ0) is 13.1. The maximum Gasteiger partial charge on any atom is 0.125 e. The number of aromatic nitrogens is 1. The maximum absolute atomic E-state index is 4.30. The molecule has 2 nitrogen and oxygen atoms in total. The molecule has 0 amide bonds. The van der Waals surface area contributed by atoms with E-state index in [2.05, 4.69) is 55.9 Å². The van der Waals surface area contributed by atoms with Gasteiger partial charge in [0.05, 0.1) is 0 Å². The Morgan fingerprint density at radius 3 is 2.89 bits per heavy atom. The first-order chi connectivity index (χ1) is 9.33. The second kappa shape index (κ2) is 5.72. The van der Waals surface area contributed by atoms with Crippen molar-refractivity contribution in [3.05, 3.63) is 58.0 Å². The van der Waals surface area contributed by atoms with E-state index in [0.29, 0.717) is 0 Å². The number of nitrogens with one attached hydrogen (secondary N) is 1. The van der Waals surface area contributed by atoms with Crippen molar-refractivity contribution in [2.24, 2.45) is 0 Å². The summed E-state index contributed by atoms with van der Waals surface area (Å²) in [6, 6.07) is 12.5. The summed E-state index contributed by atoms with van der Waals surface area (Å²) in [4.78, 5) is 4.30. The van der Waals surface area contributed by atoms with Crippen molar-refractivity contribution < 1.29 is 0 Å². The molecule has 0 saturated heterocycles. The molecule has 4 heteroatoms. The van der Waals surface area contributed by atoms with Gasteiger partial charge in [-0.3, -0.25) is 0 Å². The fraction of sp³-hybridized carbons (Fsp3) is 0.133. The van der Waals surface area contributed by atoms with Crippen LogP contribution in [0.5, 0.6) is 0 Å². The predicted molar refractivity (Wildman–Crippen MR) is 86.0 cm³/mol. The van der Waals surface area contributed by atoms with Crippen LogP contribution in [0.2, 0.25) is 0 Å². The quantitative estimate of drug-likeness (QED) is 0.748. The van der Waals surface area contributed by atoms with E-state index in [1.165, 1.54) is 15.6 Å². The van der Waals surface area contributed by atoms with Crippen LogP contribution in [-0.2, 0) is 6.42 Å². The first kappa shape index (κ1) is 12.6. The van der Waals surface area contributed by atoms with Gasteiger partial charge in [0.25, 0.3) is 0 Å². The topological polar surface area (TPSA) is 24.9 Å². The molecule has 19 heavy (non-hydrogen) atoms. The Morgan fingerprint density at radius 2 is 2.05 bits per heavy atom. The Kier molecular flexibility index (Phi) is 3.80. The lowest BCUT2D eigenvalue weighted by Crippen LogP contribution is -2.05. The second-order valence-electron chi connectivity index (χ2n) is 4.30. The molecule has 0 unspecified atom stereocenters. The minimum Gasteiger partial charge on any atom is -0.370 e. The molecule has 1 aromatic carbocycles. The largest absolute Gasteiger partial charge is 0.370 e. The summed E-state index contributed by atoms with van der Waals surface area (Å²) >= 11 is 5.20. The summed E-state index contributed by atoms with van der Waals surface area (Å²) in [6.07, 6.45) is 2.82. The smallest absolute Gasteiger partial charge is 0.125 e. The Hall–Kier alpha value is -1.39. The number of hydrogen-bond acceptors (Lipinski definition) is 3. The molecular weight excluding hydrogens is 320 g/mol. The third kappa shape index (κ3) is 2.96. The van der Waals surface area contributed by atoms with Gasteiger partial charge >= 0.3 is 0 Å². The van der Waals surface area contributed by atoms with E-state index < -0.39 is 0 Å². The summed E-state index contributed by atoms with van der Waals surface area (Å²) in [7, 11) is 0. The normalized spacial score (nSPS) is 10.8. The molecule has 0 aliphatic rings. The molecule has 0 aliphatic heterocycles. The average Bonchev–Trinajstić information content (AvgIpc) is 2.85. The van der Waals surface area contributed by atoms with Gasteiger partial charge in [-0.15, -0.1) is 11.3 Å². The molecule has 0 fully saturated rings. The van der Waals surface area contributed by atoms with Gasteiger partial charge in [-0.2, -0.15) is 0 Å². The minimum absolute atomic E-state index is 0.898. The monoisotopic (exact) mass is 332 g/mol. The highest BCUT2D eigenvalue weighted by atomic mass is 79.9. The highest BCUT2D eigenvalue weighted by Crippen LogP contribution is 2.25. The number of fused-ring (bicyclic) bond motifs is 1. The van der Waals surface area contributed by atoms with E-state index in [1.54, 1.807) is 0 Å². The Morgan fingerprint density at radius 1 is 1.16 bits per heavy atom. The van der Waals surface area contributed by atoms with Gasteiger partial charge in [0, 0.05) is 21.9 Å². The first-order valence-corrected chi connectivity index (χ1v) is 7.81. The number of benzene rings is 1. The summed E-state index contributed by atoms with van der Waals surface area (Å²) in [6.45, 7) is 0.898. The van der Waals surface area contributed by atoms with Gasteiger partial charge in [0.2, 0.25) is 0 Å². The third-order valence-electron chi connectivity index (χ3n) is 2.99. The van der Waals surface area contributed by atoms with Crippen molar-refractivity contribution in [2.45, 2.75) is 6.42 Å². The van der Waals surface area contributed by atoms with Crippen molar-refractivity contribution in [1.29, 1.82) is 0 Å². The highest BCUT2D eigenvalue weighted by molar-refractivity contribution is 9.10. The van der Waals surface area contributed by atoms with E-state index in [1.807, 2.05) is 29.7 Å². The molecule has 0 aliphatic carbocycles. The average molecular weight is 333 g/mol. The zero-order valence-corrected chi connectivity index (χ0v) is 12.7. The Balaban J connectivity index is 1.65. The van der Waals surface area contributed by atoms with Gasteiger partial charge in [0.15, 0.2) is 0 Å². The molecule has 2 aromatic heterocycles. The van der Waals surface area contributed by atoms with Crippen LogP contribution in [0.1, 0.15) is 5.56 Å². The SMILES string of the molecule is Brc1ccc(NCCc2csc3ccccc23)nc1. The number of thiophene rings is 1. The molecule has 0 radical (unpaired) electrons. The van der Waals surface area contributed by atoms with Crippen LogP contribution in [0, 0.1) is 0 Å². The molecule has 0 bridgehead atoms. The lowest BCUT2D eigenvalue weighted by molar-refractivity contribution is 1.02. The fourth-order valence-electron chi connectivity index (χ4n) is 2.03. The van der Waals surface area contributed by atoms with Gasteiger partial charge in [-0.25, -0.2) is 4.98 Å². The van der Waals surface area contributed by atoms with Crippen molar-refractivity contribution in [1.82, 2.24) is 4.98 Å². The molecule has 0 saturated carbocycles. The minimum atomic E-state index is 0.898. The molecule has 1 N–H and O–H groups in total. The molecule has 96 valence electrons. The molecule has 0 atom stereocenters. The van der Waals surface area contributed by atoms with E-state index in [-0.39, 0.29) is 0 Å². The lowest BCUT2D eigenvalue weighted by atomic mass is 10.1. The Labute approximate surface area is 124 Å². The lowest BCUT2D eigenvalue weighted by Gasteiger charge is -2.05. The van der Waals surface area contributed by atoms with E-state index in [4.69, 9.17) is 0 Å². The summed E-state index contributed by atoms with van der Waals surface area (Å²) in [5.74, 6) is 0.919. The summed E-state index contributed by atoms with van der Waals surface area (Å²) < 4.78 is 2.36. The summed E-state index contributed by atoms with van der Waals surface area (Å²) in [5, 5.41) is 6.97. The van der Waals surface area contributed by atoms with Crippen LogP contribution >= 0.6 is 27.3 Å². The number of halogens is 1. The summed E-state index contributed by atoms with van der Waals surface area (Å²) in [5.41, 5.74) is 1.41. The van der Waals surface area contributed by atoms with Crippen LogP contribution in [0.25, 0.3) is 10.1 Å². The fourth-order valence-corrected chi connectivity index (χ4v) is 3.26. The van der Waals surface area contributed by atoms with Crippen LogP contribution in [0.4, 0.5) is 5.82 Å². The number of rotatable bonds is 4. The number of nitrogens with zero attached hydrogens (tertiary/aromatic N) is 1. The maximum atomic E-state index is 4.30. The zero-order valence-electron chi connectivity index (χ0n) is 10.3. The molecule has 2 heterocycles. The van der Waals surface area contributed by atoms with Crippen LogP contribution in [-0.4, -0.2) is 11.5 Å².